The van der Waals surface area contributed by atoms with Crippen molar-refractivity contribution in [1.82, 2.24) is 10.3 Å². The average molecular weight is 252 g/mol. The van der Waals surface area contributed by atoms with Gasteiger partial charge in [0, 0.05) is 18.9 Å². The van der Waals surface area contributed by atoms with E-state index in [1.54, 1.807) is 18.5 Å². The summed E-state index contributed by atoms with van der Waals surface area (Å²) < 4.78 is 0. The third kappa shape index (κ3) is 3.78. The average Bonchev–Trinajstić information content (AvgIpc) is 2.47. The smallest absolute Gasteiger partial charge is 0.243 e. The molecule has 0 aliphatic rings. The standard InChI is InChI=1S/C16H16N2O/c1-2-4-16(19)18-12-13-5-3-6-15(11-13)14-7-9-17-10-8-14/h2-11H,12H2,1H3,(H,18,19)/b4-2+. The van der Waals surface area contributed by atoms with E-state index in [1.165, 1.54) is 6.08 Å². The van der Waals surface area contributed by atoms with Gasteiger partial charge in [-0.25, -0.2) is 0 Å². The first-order valence-corrected chi connectivity index (χ1v) is 6.19. The Bertz CT molecular complexity index is 576. The number of benzene rings is 1. The van der Waals surface area contributed by atoms with Gasteiger partial charge in [-0.1, -0.05) is 24.3 Å². The zero-order chi connectivity index (χ0) is 13.5. The van der Waals surface area contributed by atoms with Crippen LogP contribution in [0.3, 0.4) is 0 Å². The Labute approximate surface area is 113 Å². The van der Waals surface area contributed by atoms with Crippen LogP contribution in [0.1, 0.15) is 12.5 Å². The number of carbonyl (C=O) groups is 1. The van der Waals surface area contributed by atoms with Gasteiger partial charge in [-0.3, -0.25) is 9.78 Å². The highest BCUT2D eigenvalue weighted by Gasteiger charge is 2.00. The highest BCUT2D eigenvalue weighted by Crippen LogP contribution is 2.19. The SMILES string of the molecule is C/C=C/C(=O)NCc1cccc(-c2ccncc2)c1. The van der Waals surface area contributed by atoms with Gasteiger partial charge < -0.3 is 5.32 Å². The van der Waals surface area contributed by atoms with Crippen LogP contribution >= 0.6 is 0 Å². The Morgan fingerprint density at radius 3 is 2.74 bits per heavy atom. The quantitative estimate of drug-likeness (QED) is 0.850. The molecule has 19 heavy (non-hydrogen) atoms. The molecule has 0 saturated heterocycles. The summed E-state index contributed by atoms with van der Waals surface area (Å²) >= 11 is 0. The Balaban J connectivity index is 2.10. The predicted molar refractivity (Wildman–Crippen MR) is 76.3 cm³/mol. The number of allylic oxidation sites excluding steroid dienone is 1. The van der Waals surface area contributed by atoms with Gasteiger partial charge in [-0.15, -0.1) is 0 Å². The molecule has 2 rings (SSSR count). The molecule has 1 amide bonds. The Morgan fingerprint density at radius 1 is 1.21 bits per heavy atom. The molecule has 0 aliphatic carbocycles. The van der Waals surface area contributed by atoms with Crippen molar-refractivity contribution in [2.24, 2.45) is 0 Å². The summed E-state index contributed by atoms with van der Waals surface area (Å²) in [4.78, 5) is 15.4. The van der Waals surface area contributed by atoms with E-state index in [-0.39, 0.29) is 5.91 Å². The van der Waals surface area contributed by atoms with Gasteiger partial charge in [0.25, 0.3) is 0 Å². The number of hydrogen-bond acceptors (Lipinski definition) is 2. The summed E-state index contributed by atoms with van der Waals surface area (Å²) in [6.07, 6.45) is 6.79. The largest absolute Gasteiger partial charge is 0.348 e. The first kappa shape index (κ1) is 13.0. The predicted octanol–water partition coefficient (Wildman–Crippen LogP) is 2.94. The summed E-state index contributed by atoms with van der Waals surface area (Å²) in [5.41, 5.74) is 3.32. The van der Waals surface area contributed by atoms with Crippen LogP contribution in [0.25, 0.3) is 11.1 Å². The lowest BCUT2D eigenvalue weighted by molar-refractivity contribution is -0.116. The maximum absolute atomic E-state index is 11.4. The van der Waals surface area contributed by atoms with E-state index in [0.29, 0.717) is 6.54 Å². The number of hydrogen-bond donors (Lipinski definition) is 1. The molecule has 1 heterocycles. The lowest BCUT2D eigenvalue weighted by atomic mass is 10.0. The lowest BCUT2D eigenvalue weighted by Crippen LogP contribution is -2.20. The number of amides is 1. The molecule has 0 bridgehead atoms. The van der Waals surface area contributed by atoms with Gasteiger partial charge in [0.05, 0.1) is 0 Å². The van der Waals surface area contributed by atoms with Crippen molar-refractivity contribution in [2.75, 3.05) is 0 Å². The number of rotatable bonds is 4. The van der Waals surface area contributed by atoms with E-state index in [1.807, 2.05) is 37.3 Å². The van der Waals surface area contributed by atoms with Crippen molar-refractivity contribution in [3.63, 3.8) is 0 Å². The van der Waals surface area contributed by atoms with Crippen molar-refractivity contribution >= 4 is 5.91 Å². The molecular weight excluding hydrogens is 236 g/mol. The van der Waals surface area contributed by atoms with Crippen LogP contribution in [-0.4, -0.2) is 10.9 Å². The molecular formula is C16H16N2O. The van der Waals surface area contributed by atoms with Gasteiger partial charge in [0.1, 0.15) is 0 Å². The van der Waals surface area contributed by atoms with Crippen LogP contribution in [0.5, 0.6) is 0 Å². The molecule has 0 unspecified atom stereocenters. The fourth-order valence-electron chi connectivity index (χ4n) is 1.80. The second kappa shape index (κ2) is 6.50. The monoisotopic (exact) mass is 252 g/mol. The first-order chi connectivity index (χ1) is 9.29. The van der Waals surface area contributed by atoms with Crippen molar-refractivity contribution in [1.29, 1.82) is 0 Å². The number of aromatic nitrogens is 1. The molecule has 3 heteroatoms. The molecule has 96 valence electrons. The fourth-order valence-corrected chi connectivity index (χ4v) is 1.80. The van der Waals surface area contributed by atoms with E-state index < -0.39 is 0 Å². The molecule has 0 spiro atoms. The van der Waals surface area contributed by atoms with Gasteiger partial charge in [-0.05, 0) is 47.9 Å². The van der Waals surface area contributed by atoms with Crippen LogP contribution in [0.4, 0.5) is 0 Å². The second-order valence-electron chi connectivity index (χ2n) is 4.15. The first-order valence-electron chi connectivity index (χ1n) is 6.19. The van der Waals surface area contributed by atoms with Crippen molar-refractivity contribution in [3.05, 3.63) is 66.5 Å². The van der Waals surface area contributed by atoms with Crippen molar-refractivity contribution < 1.29 is 4.79 Å². The lowest BCUT2D eigenvalue weighted by Gasteiger charge is -2.06. The molecule has 0 fully saturated rings. The number of pyridine rings is 1. The zero-order valence-electron chi connectivity index (χ0n) is 10.8. The van der Waals surface area contributed by atoms with Crippen molar-refractivity contribution in [3.8, 4) is 11.1 Å². The van der Waals surface area contributed by atoms with Crippen LogP contribution < -0.4 is 5.32 Å². The minimum atomic E-state index is -0.0724. The van der Waals surface area contributed by atoms with E-state index in [2.05, 4.69) is 16.4 Å². The molecule has 0 atom stereocenters. The number of nitrogens with one attached hydrogen (secondary N) is 1. The summed E-state index contributed by atoms with van der Waals surface area (Å²) in [7, 11) is 0. The summed E-state index contributed by atoms with van der Waals surface area (Å²) in [6, 6.07) is 12.1. The van der Waals surface area contributed by atoms with Crippen LogP contribution in [-0.2, 0) is 11.3 Å². The molecule has 1 N–H and O–H groups in total. The van der Waals surface area contributed by atoms with E-state index in [4.69, 9.17) is 0 Å². The van der Waals surface area contributed by atoms with Crippen LogP contribution in [0.15, 0.2) is 60.9 Å². The molecule has 0 saturated carbocycles. The minimum Gasteiger partial charge on any atom is -0.348 e. The third-order valence-corrected chi connectivity index (χ3v) is 2.73. The number of carbonyl (C=O) groups excluding carboxylic acids is 1. The summed E-state index contributed by atoms with van der Waals surface area (Å²) in [6.45, 7) is 2.35. The second-order valence-corrected chi connectivity index (χ2v) is 4.15. The molecule has 0 radical (unpaired) electrons. The van der Waals surface area contributed by atoms with Crippen LogP contribution in [0.2, 0.25) is 0 Å². The summed E-state index contributed by atoms with van der Waals surface area (Å²) in [5.74, 6) is -0.0724. The van der Waals surface area contributed by atoms with Crippen molar-refractivity contribution in [2.45, 2.75) is 13.5 Å². The van der Waals surface area contributed by atoms with Gasteiger partial charge in [-0.2, -0.15) is 0 Å². The molecule has 3 nitrogen and oxygen atoms in total. The zero-order valence-corrected chi connectivity index (χ0v) is 10.8. The van der Waals surface area contributed by atoms with Gasteiger partial charge in [0.15, 0.2) is 0 Å². The Morgan fingerprint density at radius 2 is 2.00 bits per heavy atom. The molecule has 0 aliphatic heterocycles. The third-order valence-electron chi connectivity index (χ3n) is 2.73. The molecule has 1 aromatic carbocycles. The normalized spacial score (nSPS) is 10.6. The van der Waals surface area contributed by atoms with E-state index in [0.717, 1.165) is 16.7 Å². The van der Waals surface area contributed by atoms with E-state index >= 15 is 0 Å². The van der Waals surface area contributed by atoms with Crippen LogP contribution in [0, 0.1) is 0 Å². The highest BCUT2D eigenvalue weighted by atomic mass is 16.1. The van der Waals surface area contributed by atoms with Gasteiger partial charge >= 0.3 is 0 Å². The van der Waals surface area contributed by atoms with Gasteiger partial charge in [0.2, 0.25) is 5.91 Å². The highest BCUT2D eigenvalue weighted by molar-refractivity contribution is 5.87. The molecule has 1 aromatic heterocycles. The Hall–Kier alpha value is -2.42. The molecule has 2 aromatic rings. The van der Waals surface area contributed by atoms with E-state index in [9.17, 15) is 4.79 Å². The maximum atomic E-state index is 11.4. The fraction of sp³-hybridized carbons (Fsp3) is 0.125. The summed E-state index contributed by atoms with van der Waals surface area (Å²) in [5, 5.41) is 2.84. The number of nitrogens with zero attached hydrogens (tertiary/aromatic N) is 1. The topological polar surface area (TPSA) is 42.0 Å². The maximum Gasteiger partial charge on any atom is 0.243 e. The minimum absolute atomic E-state index is 0.0724. The Kier molecular flexibility index (Phi) is 4.45.